The van der Waals surface area contributed by atoms with Gasteiger partial charge in [0.05, 0.1) is 7.11 Å². The van der Waals surface area contributed by atoms with Crippen LogP contribution in [0.3, 0.4) is 0 Å². The van der Waals surface area contributed by atoms with E-state index in [1.54, 1.807) is 34.6 Å². The second-order valence-electron chi connectivity index (χ2n) is 4.52. The molecular weight excluding hydrogens is 248 g/mol. The molecule has 0 atom stereocenters. The third kappa shape index (κ3) is 2.69. The Labute approximate surface area is 111 Å². The first-order valence-corrected chi connectivity index (χ1v) is 6.15. The zero-order valence-electron chi connectivity index (χ0n) is 11.4. The van der Waals surface area contributed by atoms with Crippen LogP contribution in [0.15, 0.2) is 6.20 Å². The maximum atomic E-state index is 12.4. The number of nitrogens with zero attached hydrogens (tertiary/aromatic N) is 4. The van der Waals surface area contributed by atoms with Gasteiger partial charge in [-0.05, 0) is 0 Å². The van der Waals surface area contributed by atoms with Crippen molar-refractivity contribution in [2.24, 2.45) is 7.05 Å². The summed E-state index contributed by atoms with van der Waals surface area (Å²) < 4.78 is 6.65. The van der Waals surface area contributed by atoms with Crippen molar-refractivity contribution in [1.82, 2.24) is 19.6 Å². The number of ether oxygens (including phenoxy) is 1. The molecule has 0 saturated carbocycles. The van der Waals surface area contributed by atoms with Crippen LogP contribution >= 0.6 is 0 Å². The van der Waals surface area contributed by atoms with Crippen LogP contribution in [0.5, 0.6) is 5.88 Å². The summed E-state index contributed by atoms with van der Waals surface area (Å²) in [5.74, 6) is 0.278. The monoisotopic (exact) mass is 266 g/mol. The number of hydrogen-bond acceptors (Lipinski definition) is 4. The molecule has 0 N–H and O–H groups in total. The summed E-state index contributed by atoms with van der Waals surface area (Å²) >= 11 is 0. The number of methoxy groups -OCH3 is 1. The number of aryl methyl sites for hydroxylation is 1. The van der Waals surface area contributed by atoms with E-state index in [4.69, 9.17) is 4.74 Å². The smallest absolute Gasteiger partial charge is 0.261 e. The summed E-state index contributed by atoms with van der Waals surface area (Å²) in [6.45, 7) is 3.77. The molecule has 2 rings (SSSR count). The summed E-state index contributed by atoms with van der Waals surface area (Å²) in [7, 11) is 3.24. The quantitative estimate of drug-likeness (QED) is 0.739. The topological polar surface area (TPSA) is 67.7 Å². The Morgan fingerprint density at radius 1 is 1.21 bits per heavy atom. The number of aromatic nitrogens is 2. The molecule has 2 heterocycles. The van der Waals surface area contributed by atoms with E-state index < -0.39 is 0 Å². The maximum absolute atomic E-state index is 12.4. The molecule has 0 aliphatic carbocycles. The van der Waals surface area contributed by atoms with Gasteiger partial charge in [0.1, 0.15) is 5.56 Å². The van der Waals surface area contributed by atoms with Crippen LogP contribution in [0.25, 0.3) is 0 Å². The van der Waals surface area contributed by atoms with E-state index in [1.807, 2.05) is 0 Å². The van der Waals surface area contributed by atoms with Gasteiger partial charge in [0, 0.05) is 46.3 Å². The first kappa shape index (κ1) is 13.4. The van der Waals surface area contributed by atoms with Crippen LogP contribution in [0.4, 0.5) is 0 Å². The fourth-order valence-corrected chi connectivity index (χ4v) is 2.16. The van der Waals surface area contributed by atoms with Gasteiger partial charge in [-0.2, -0.15) is 0 Å². The lowest BCUT2D eigenvalue weighted by Crippen LogP contribution is -2.50. The Bertz CT molecular complexity index is 489. The summed E-state index contributed by atoms with van der Waals surface area (Å²) in [6, 6.07) is 0. The lowest BCUT2D eigenvalue weighted by atomic mass is 10.2. The molecule has 19 heavy (non-hydrogen) atoms. The molecule has 104 valence electrons. The van der Waals surface area contributed by atoms with Gasteiger partial charge in [-0.3, -0.25) is 14.3 Å². The van der Waals surface area contributed by atoms with E-state index in [-0.39, 0.29) is 11.8 Å². The van der Waals surface area contributed by atoms with Gasteiger partial charge in [-0.1, -0.05) is 0 Å². The van der Waals surface area contributed by atoms with Gasteiger partial charge < -0.3 is 14.5 Å². The highest BCUT2D eigenvalue weighted by Crippen LogP contribution is 2.18. The predicted octanol–water partition coefficient (Wildman–Crippen LogP) is -0.267. The standard InChI is InChI=1S/C12H18N4O3/c1-9(17)15-4-6-16(7-5-15)12(18)10-8-14(2)13-11(10)19-3/h8H,4-7H2,1-3H3. The van der Waals surface area contributed by atoms with Gasteiger partial charge in [0.15, 0.2) is 0 Å². The Morgan fingerprint density at radius 3 is 2.32 bits per heavy atom. The highest BCUT2D eigenvalue weighted by molar-refractivity contribution is 5.96. The minimum Gasteiger partial charge on any atom is -0.479 e. The van der Waals surface area contributed by atoms with Crippen molar-refractivity contribution < 1.29 is 14.3 Å². The van der Waals surface area contributed by atoms with Crippen LogP contribution < -0.4 is 4.74 Å². The Kier molecular flexibility index (Phi) is 3.73. The van der Waals surface area contributed by atoms with Crippen molar-refractivity contribution in [3.05, 3.63) is 11.8 Å². The second-order valence-corrected chi connectivity index (χ2v) is 4.52. The molecule has 1 aliphatic heterocycles. The first-order chi connectivity index (χ1) is 9.02. The van der Waals surface area contributed by atoms with Gasteiger partial charge in [0.25, 0.3) is 5.91 Å². The molecule has 0 radical (unpaired) electrons. The average Bonchev–Trinajstić information content (AvgIpc) is 2.79. The molecule has 0 spiro atoms. The first-order valence-electron chi connectivity index (χ1n) is 6.15. The molecule has 7 nitrogen and oxygen atoms in total. The average molecular weight is 266 g/mol. The summed E-state index contributed by atoms with van der Waals surface area (Å²) in [4.78, 5) is 27.1. The lowest BCUT2D eigenvalue weighted by molar-refractivity contribution is -0.130. The molecular formula is C12H18N4O3. The van der Waals surface area contributed by atoms with Gasteiger partial charge in [-0.25, -0.2) is 0 Å². The largest absolute Gasteiger partial charge is 0.479 e. The molecule has 2 amide bonds. The Hall–Kier alpha value is -2.05. The fourth-order valence-electron chi connectivity index (χ4n) is 2.16. The van der Waals surface area contributed by atoms with Gasteiger partial charge >= 0.3 is 0 Å². The van der Waals surface area contributed by atoms with Crippen molar-refractivity contribution in [2.75, 3.05) is 33.3 Å². The minimum atomic E-state index is -0.104. The summed E-state index contributed by atoms with van der Waals surface area (Å²) in [5, 5.41) is 4.07. The molecule has 1 aliphatic rings. The highest BCUT2D eigenvalue weighted by Gasteiger charge is 2.26. The fraction of sp³-hybridized carbons (Fsp3) is 0.583. The Balaban J connectivity index is 2.07. The van der Waals surface area contributed by atoms with Crippen molar-refractivity contribution in [3.8, 4) is 5.88 Å². The van der Waals surface area contributed by atoms with Crippen LogP contribution in [-0.2, 0) is 11.8 Å². The number of carbonyl (C=O) groups is 2. The van der Waals surface area contributed by atoms with E-state index in [9.17, 15) is 9.59 Å². The van der Waals surface area contributed by atoms with Crippen molar-refractivity contribution in [2.45, 2.75) is 6.92 Å². The molecule has 1 aromatic rings. The van der Waals surface area contributed by atoms with E-state index >= 15 is 0 Å². The highest BCUT2D eigenvalue weighted by atomic mass is 16.5. The molecule has 7 heteroatoms. The van der Waals surface area contributed by atoms with Crippen LogP contribution in [0.2, 0.25) is 0 Å². The molecule has 1 aromatic heterocycles. The second kappa shape index (κ2) is 5.29. The van der Waals surface area contributed by atoms with Gasteiger partial charge in [0.2, 0.25) is 11.8 Å². The van der Waals surface area contributed by atoms with Gasteiger partial charge in [-0.15, -0.1) is 5.10 Å². The lowest BCUT2D eigenvalue weighted by Gasteiger charge is -2.34. The molecule has 0 unspecified atom stereocenters. The zero-order chi connectivity index (χ0) is 14.0. The minimum absolute atomic E-state index is 0.0473. The van der Waals surface area contributed by atoms with Crippen molar-refractivity contribution in [1.29, 1.82) is 0 Å². The number of rotatable bonds is 2. The number of amides is 2. The third-order valence-electron chi connectivity index (χ3n) is 3.23. The van der Waals surface area contributed by atoms with Crippen molar-refractivity contribution in [3.63, 3.8) is 0 Å². The van der Waals surface area contributed by atoms with Crippen LogP contribution in [0.1, 0.15) is 17.3 Å². The predicted molar refractivity (Wildman–Crippen MR) is 67.9 cm³/mol. The number of hydrogen-bond donors (Lipinski definition) is 0. The molecule has 0 aromatic carbocycles. The van der Waals surface area contributed by atoms with E-state index in [0.717, 1.165) is 0 Å². The van der Waals surface area contributed by atoms with E-state index in [0.29, 0.717) is 37.6 Å². The van der Waals surface area contributed by atoms with Crippen molar-refractivity contribution >= 4 is 11.8 Å². The zero-order valence-corrected chi connectivity index (χ0v) is 11.4. The van der Waals surface area contributed by atoms with E-state index in [2.05, 4.69) is 5.10 Å². The number of piperazine rings is 1. The summed E-state index contributed by atoms with van der Waals surface area (Å²) in [6.07, 6.45) is 1.65. The maximum Gasteiger partial charge on any atom is 0.261 e. The molecule has 1 saturated heterocycles. The molecule has 1 fully saturated rings. The number of carbonyl (C=O) groups excluding carboxylic acids is 2. The van der Waals surface area contributed by atoms with Crippen LogP contribution in [0, 0.1) is 0 Å². The van der Waals surface area contributed by atoms with E-state index in [1.165, 1.54) is 7.11 Å². The Morgan fingerprint density at radius 2 is 1.79 bits per heavy atom. The SMILES string of the molecule is COc1nn(C)cc1C(=O)N1CCN(C(C)=O)CC1. The normalized spacial score (nSPS) is 15.5. The van der Waals surface area contributed by atoms with Crippen LogP contribution in [-0.4, -0.2) is 64.7 Å². The molecule has 0 bridgehead atoms. The third-order valence-corrected chi connectivity index (χ3v) is 3.23. The summed E-state index contributed by atoms with van der Waals surface area (Å²) in [5.41, 5.74) is 0.460.